The van der Waals surface area contributed by atoms with Crippen LogP contribution in [-0.4, -0.2) is 24.7 Å². The van der Waals surface area contributed by atoms with Gasteiger partial charge in [-0.1, -0.05) is 42.5 Å². The third-order valence-corrected chi connectivity index (χ3v) is 4.43. The summed E-state index contributed by atoms with van der Waals surface area (Å²) in [5.74, 6) is 0. The third kappa shape index (κ3) is 1.67. The maximum Gasteiger partial charge on any atom is 0.106 e. The fraction of sp³-hybridized carbons (Fsp3) is 0.294. The summed E-state index contributed by atoms with van der Waals surface area (Å²) in [6.45, 7) is 2.89. The van der Waals surface area contributed by atoms with Gasteiger partial charge in [0.15, 0.2) is 0 Å². The highest BCUT2D eigenvalue weighted by atomic mass is 16.3. The highest BCUT2D eigenvalue weighted by Gasteiger charge is 2.33. The van der Waals surface area contributed by atoms with Crippen LogP contribution in [0.1, 0.15) is 28.8 Å². The molecular formula is C17H18N2O. The molecule has 1 saturated heterocycles. The Bertz CT molecular complexity index is 585. The van der Waals surface area contributed by atoms with Gasteiger partial charge in [0.2, 0.25) is 0 Å². The molecule has 102 valence electrons. The molecule has 0 spiro atoms. The lowest BCUT2D eigenvalue weighted by Gasteiger charge is -2.38. The SMILES string of the molecule is OC1c2ccccc2C2CNCCN2c2ccccc21. The zero-order valence-corrected chi connectivity index (χ0v) is 11.3. The van der Waals surface area contributed by atoms with Crippen molar-refractivity contribution in [3.8, 4) is 0 Å². The maximum absolute atomic E-state index is 10.8. The first kappa shape index (κ1) is 11.9. The van der Waals surface area contributed by atoms with Crippen molar-refractivity contribution in [3.05, 3.63) is 65.2 Å². The summed E-state index contributed by atoms with van der Waals surface area (Å²) in [7, 11) is 0. The van der Waals surface area contributed by atoms with Crippen molar-refractivity contribution in [2.45, 2.75) is 12.1 Å². The third-order valence-electron chi connectivity index (χ3n) is 4.43. The lowest BCUT2D eigenvalue weighted by Crippen LogP contribution is -2.46. The number of nitrogens with one attached hydrogen (secondary N) is 1. The first-order valence-corrected chi connectivity index (χ1v) is 7.19. The first-order chi connectivity index (χ1) is 9.86. The van der Waals surface area contributed by atoms with Crippen molar-refractivity contribution in [2.24, 2.45) is 0 Å². The van der Waals surface area contributed by atoms with Gasteiger partial charge in [-0.25, -0.2) is 0 Å². The van der Waals surface area contributed by atoms with E-state index in [0.29, 0.717) is 6.04 Å². The van der Waals surface area contributed by atoms with Crippen LogP contribution in [0.15, 0.2) is 48.5 Å². The fourth-order valence-corrected chi connectivity index (χ4v) is 3.48. The van der Waals surface area contributed by atoms with Gasteiger partial charge in [0.05, 0.1) is 6.04 Å². The van der Waals surface area contributed by atoms with Gasteiger partial charge in [0, 0.05) is 30.9 Å². The van der Waals surface area contributed by atoms with Crippen LogP contribution in [-0.2, 0) is 0 Å². The number of anilines is 1. The van der Waals surface area contributed by atoms with Crippen LogP contribution in [0.25, 0.3) is 0 Å². The molecule has 0 aromatic heterocycles. The smallest absolute Gasteiger partial charge is 0.106 e. The summed E-state index contributed by atoms with van der Waals surface area (Å²) < 4.78 is 0. The molecule has 2 heterocycles. The molecule has 2 unspecified atom stereocenters. The number of rotatable bonds is 0. The van der Waals surface area contributed by atoms with Gasteiger partial charge >= 0.3 is 0 Å². The van der Waals surface area contributed by atoms with E-state index >= 15 is 0 Å². The summed E-state index contributed by atoms with van der Waals surface area (Å²) in [5.41, 5.74) is 4.46. The number of piperazine rings is 1. The monoisotopic (exact) mass is 266 g/mol. The van der Waals surface area contributed by atoms with E-state index in [1.165, 1.54) is 11.3 Å². The Morgan fingerprint density at radius 2 is 1.65 bits per heavy atom. The Morgan fingerprint density at radius 3 is 2.50 bits per heavy atom. The summed E-state index contributed by atoms with van der Waals surface area (Å²) in [6, 6.07) is 16.8. The number of aliphatic hydroxyl groups excluding tert-OH is 1. The van der Waals surface area contributed by atoms with Gasteiger partial charge in [0.1, 0.15) is 6.10 Å². The molecule has 0 bridgehead atoms. The minimum atomic E-state index is -0.534. The molecule has 20 heavy (non-hydrogen) atoms. The van der Waals surface area contributed by atoms with E-state index in [1.54, 1.807) is 0 Å². The topological polar surface area (TPSA) is 35.5 Å². The van der Waals surface area contributed by atoms with Crippen LogP contribution >= 0.6 is 0 Å². The Hall–Kier alpha value is -1.84. The second-order valence-electron chi connectivity index (χ2n) is 5.50. The summed E-state index contributed by atoms with van der Waals surface area (Å²) >= 11 is 0. The second kappa shape index (κ2) is 4.62. The molecule has 2 aliphatic rings. The Kier molecular flexibility index (Phi) is 2.76. The summed E-state index contributed by atoms with van der Waals surface area (Å²) in [5, 5.41) is 14.3. The van der Waals surface area contributed by atoms with Crippen LogP contribution < -0.4 is 10.2 Å². The standard InChI is InChI=1S/C17H18N2O/c20-17-13-6-2-1-5-12(13)16-11-18-9-10-19(16)15-8-4-3-7-14(15)17/h1-8,16-18,20H,9-11H2. The van der Waals surface area contributed by atoms with Crippen LogP contribution in [0.5, 0.6) is 0 Å². The number of para-hydroxylation sites is 1. The molecule has 2 aromatic rings. The number of benzene rings is 2. The van der Waals surface area contributed by atoms with Crippen molar-refractivity contribution < 1.29 is 5.11 Å². The van der Waals surface area contributed by atoms with Crippen molar-refractivity contribution in [3.63, 3.8) is 0 Å². The van der Waals surface area contributed by atoms with E-state index in [-0.39, 0.29) is 0 Å². The summed E-state index contributed by atoms with van der Waals surface area (Å²) in [4.78, 5) is 2.43. The van der Waals surface area contributed by atoms with Crippen LogP contribution in [0.4, 0.5) is 5.69 Å². The van der Waals surface area contributed by atoms with E-state index in [2.05, 4.69) is 40.5 Å². The quantitative estimate of drug-likeness (QED) is 0.767. The van der Waals surface area contributed by atoms with Gasteiger partial charge in [-0.15, -0.1) is 0 Å². The molecule has 2 atom stereocenters. The molecule has 0 radical (unpaired) electrons. The largest absolute Gasteiger partial charge is 0.384 e. The van der Waals surface area contributed by atoms with E-state index in [4.69, 9.17) is 0 Å². The van der Waals surface area contributed by atoms with Crippen molar-refractivity contribution >= 4 is 5.69 Å². The molecule has 0 saturated carbocycles. The normalized spacial score (nSPS) is 24.4. The molecule has 2 aliphatic heterocycles. The van der Waals surface area contributed by atoms with E-state index < -0.39 is 6.10 Å². The average molecular weight is 266 g/mol. The number of hydrogen-bond donors (Lipinski definition) is 2. The van der Waals surface area contributed by atoms with Crippen molar-refractivity contribution in [1.82, 2.24) is 5.32 Å². The summed E-state index contributed by atoms with van der Waals surface area (Å²) in [6.07, 6.45) is -0.534. The van der Waals surface area contributed by atoms with Gasteiger partial charge in [-0.05, 0) is 17.2 Å². The molecule has 2 N–H and O–H groups in total. The number of hydrogen-bond acceptors (Lipinski definition) is 3. The van der Waals surface area contributed by atoms with Gasteiger partial charge in [0.25, 0.3) is 0 Å². The minimum Gasteiger partial charge on any atom is -0.384 e. The number of aliphatic hydroxyl groups is 1. The van der Waals surface area contributed by atoms with Crippen molar-refractivity contribution in [2.75, 3.05) is 24.5 Å². The van der Waals surface area contributed by atoms with Gasteiger partial charge in [-0.3, -0.25) is 0 Å². The van der Waals surface area contributed by atoms with Gasteiger partial charge < -0.3 is 15.3 Å². The lowest BCUT2D eigenvalue weighted by atomic mass is 9.94. The minimum absolute atomic E-state index is 0.304. The predicted molar refractivity (Wildman–Crippen MR) is 79.9 cm³/mol. The molecule has 2 aromatic carbocycles. The zero-order valence-electron chi connectivity index (χ0n) is 11.3. The van der Waals surface area contributed by atoms with E-state index in [0.717, 1.165) is 30.8 Å². The molecule has 0 amide bonds. The molecule has 3 heteroatoms. The number of fused-ring (bicyclic) bond motifs is 5. The van der Waals surface area contributed by atoms with Crippen LogP contribution in [0.2, 0.25) is 0 Å². The zero-order chi connectivity index (χ0) is 13.5. The van der Waals surface area contributed by atoms with Gasteiger partial charge in [-0.2, -0.15) is 0 Å². The highest BCUT2D eigenvalue weighted by molar-refractivity contribution is 5.62. The number of nitrogens with zero attached hydrogens (tertiary/aromatic N) is 1. The van der Waals surface area contributed by atoms with Crippen LogP contribution in [0, 0.1) is 0 Å². The van der Waals surface area contributed by atoms with E-state index in [9.17, 15) is 5.11 Å². The van der Waals surface area contributed by atoms with Crippen LogP contribution in [0.3, 0.4) is 0 Å². The molecule has 4 rings (SSSR count). The van der Waals surface area contributed by atoms with E-state index in [1.807, 2.05) is 18.2 Å². The Balaban J connectivity index is 1.97. The molecule has 3 nitrogen and oxygen atoms in total. The predicted octanol–water partition coefficient (Wildman–Crippen LogP) is 2.23. The molecule has 0 aliphatic carbocycles. The Labute approximate surface area is 118 Å². The maximum atomic E-state index is 10.8. The Morgan fingerprint density at radius 1 is 0.950 bits per heavy atom. The lowest BCUT2D eigenvalue weighted by molar-refractivity contribution is 0.220. The first-order valence-electron chi connectivity index (χ1n) is 7.19. The molecular weight excluding hydrogens is 248 g/mol. The average Bonchev–Trinajstić information content (AvgIpc) is 2.64. The second-order valence-corrected chi connectivity index (χ2v) is 5.50. The highest BCUT2D eigenvalue weighted by Crippen LogP contribution is 2.42. The van der Waals surface area contributed by atoms with Crippen molar-refractivity contribution in [1.29, 1.82) is 0 Å². The fourth-order valence-electron chi connectivity index (χ4n) is 3.48. The molecule has 1 fully saturated rings.